The van der Waals surface area contributed by atoms with Gasteiger partial charge in [0.1, 0.15) is 0 Å². The number of hydrogen-bond acceptors (Lipinski definition) is 4. The number of aromatic amines is 1. The van der Waals surface area contributed by atoms with Crippen molar-refractivity contribution in [3.63, 3.8) is 0 Å². The van der Waals surface area contributed by atoms with E-state index < -0.39 is 16.2 Å². The highest BCUT2D eigenvalue weighted by Gasteiger charge is 2.20. The van der Waals surface area contributed by atoms with Crippen LogP contribution in [0.2, 0.25) is 0 Å². The monoisotopic (exact) mass is 262 g/mol. The number of rotatable bonds is 3. The quantitative estimate of drug-likeness (QED) is 0.681. The Morgan fingerprint density at radius 2 is 1.94 bits per heavy atom. The van der Waals surface area contributed by atoms with Crippen LogP contribution in [0, 0.1) is 17.0 Å². The van der Waals surface area contributed by atoms with E-state index in [0.29, 0.717) is 10.6 Å². The minimum atomic E-state index is -0.668. The molecule has 18 heavy (non-hydrogen) atoms. The molecule has 6 heteroatoms. The molecule has 0 saturated carbocycles. The summed E-state index contributed by atoms with van der Waals surface area (Å²) in [5.41, 5.74) is -0.475. The molecule has 1 heterocycles. The fourth-order valence-corrected chi connectivity index (χ4v) is 2.56. The summed E-state index contributed by atoms with van der Waals surface area (Å²) in [6, 6.07) is 10.8. The van der Waals surface area contributed by atoms with Crippen LogP contribution in [0.25, 0.3) is 0 Å². The Morgan fingerprint density at radius 3 is 2.56 bits per heavy atom. The van der Waals surface area contributed by atoms with Crippen molar-refractivity contribution < 1.29 is 4.92 Å². The summed E-state index contributed by atoms with van der Waals surface area (Å²) >= 11 is 1.21. The SMILES string of the molecule is Cc1cc(Sc2ccccc2)c([N+](=O)[O-])c(=O)[nH]1. The second kappa shape index (κ2) is 5.05. The van der Waals surface area contributed by atoms with Gasteiger partial charge in [0.2, 0.25) is 0 Å². The van der Waals surface area contributed by atoms with Crippen LogP contribution in [0.15, 0.2) is 51.0 Å². The Bertz CT molecular complexity index is 638. The van der Waals surface area contributed by atoms with Gasteiger partial charge < -0.3 is 4.98 Å². The van der Waals surface area contributed by atoms with E-state index in [-0.39, 0.29) is 0 Å². The Balaban J connectivity index is 2.50. The van der Waals surface area contributed by atoms with Crippen molar-refractivity contribution in [3.05, 3.63) is 62.6 Å². The molecule has 0 bridgehead atoms. The zero-order valence-electron chi connectivity index (χ0n) is 9.54. The minimum Gasteiger partial charge on any atom is -0.321 e. The van der Waals surface area contributed by atoms with Gasteiger partial charge in [0.05, 0.1) is 9.82 Å². The van der Waals surface area contributed by atoms with Gasteiger partial charge in [-0.1, -0.05) is 30.0 Å². The van der Waals surface area contributed by atoms with Crippen LogP contribution in [0.3, 0.4) is 0 Å². The lowest BCUT2D eigenvalue weighted by atomic mass is 10.3. The molecule has 2 rings (SSSR count). The molecule has 0 radical (unpaired) electrons. The van der Waals surface area contributed by atoms with Crippen LogP contribution >= 0.6 is 11.8 Å². The molecule has 0 amide bonds. The van der Waals surface area contributed by atoms with Gasteiger partial charge in [0, 0.05) is 10.6 Å². The standard InChI is InChI=1S/C12H10N2O3S/c1-8-7-10(11(14(16)17)12(15)13-8)18-9-5-3-2-4-6-9/h2-7H,1H3,(H,13,15). The molecule has 0 atom stereocenters. The van der Waals surface area contributed by atoms with Crippen molar-refractivity contribution in [2.45, 2.75) is 16.7 Å². The molecule has 0 aliphatic heterocycles. The normalized spacial score (nSPS) is 10.3. The predicted molar refractivity (Wildman–Crippen MR) is 69.0 cm³/mol. The van der Waals surface area contributed by atoms with E-state index in [0.717, 1.165) is 4.90 Å². The van der Waals surface area contributed by atoms with Gasteiger partial charge in [-0.25, -0.2) is 0 Å². The van der Waals surface area contributed by atoms with Crippen molar-refractivity contribution in [1.82, 2.24) is 4.98 Å². The lowest BCUT2D eigenvalue weighted by Crippen LogP contribution is -2.13. The summed E-state index contributed by atoms with van der Waals surface area (Å²) in [6.45, 7) is 1.69. The smallest absolute Gasteiger partial charge is 0.321 e. The van der Waals surface area contributed by atoms with Crippen LogP contribution in [0.1, 0.15) is 5.69 Å². The van der Waals surface area contributed by atoms with Crippen molar-refractivity contribution in [3.8, 4) is 0 Å². The second-order valence-electron chi connectivity index (χ2n) is 3.67. The fraction of sp³-hybridized carbons (Fsp3) is 0.0833. The zero-order chi connectivity index (χ0) is 13.1. The van der Waals surface area contributed by atoms with E-state index in [1.165, 1.54) is 11.8 Å². The summed E-state index contributed by atoms with van der Waals surface area (Å²) in [5, 5.41) is 10.9. The van der Waals surface area contributed by atoms with Crippen molar-refractivity contribution >= 4 is 17.4 Å². The predicted octanol–water partition coefficient (Wildman–Crippen LogP) is 2.74. The summed E-state index contributed by atoms with van der Waals surface area (Å²) in [5.74, 6) is 0. The van der Waals surface area contributed by atoms with Crippen molar-refractivity contribution in [1.29, 1.82) is 0 Å². The molecule has 0 aliphatic rings. The first-order valence-electron chi connectivity index (χ1n) is 5.19. The average Bonchev–Trinajstić information content (AvgIpc) is 2.28. The molecule has 1 aromatic carbocycles. The summed E-state index contributed by atoms with van der Waals surface area (Å²) < 4.78 is 0. The maximum absolute atomic E-state index is 11.6. The molecule has 0 fully saturated rings. The van der Waals surface area contributed by atoms with E-state index in [9.17, 15) is 14.9 Å². The van der Waals surface area contributed by atoms with Gasteiger partial charge >= 0.3 is 11.2 Å². The van der Waals surface area contributed by atoms with E-state index in [1.807, 2.05) is 30.3 Å². The summed E-state index contributed by atoms with van der Waals surface area (Å²) in [7, 11) is 0. The van der Waals surface area contributed by atoms with Crippen LogP contribution in [0.5, 0.6) is 0 Å². The third kappa shape index (κ3) is 2.60. The number of nitro groups is 1. The molecule has 0 saturated heterocycles. The third-order valence-corrected chi connectivity index (χ3v) is 3.30. The Labute approximate surface area is 107 Å². The molecule has 0 spiro atoms. The Kier molecular flexibility index (Phi) is 3.47. The number of aromatic nitrogens is 1. The molecule has 0 aliphatic carbocycles. The number of nitrogens with zero attached hydrogens (tertiary/aromatic N) is 1. The number of nitrogens with one attached hydrogen (secondary N) is 1. The van der Waals surface area contributed by atoms with Crippen LogP contribution < -0.4 is 5.56 Å². The summed E-state index contributed by atoms with van der Waals surface area (Å²) in [6.07, 6.45) is 0. The topological polar surface area (TPSA) is 76.0 Å². The van der Waals surface area contributed by atoms with Crippen LogP contribution in [-0.2, 0) is 0 Å². The first kappa shape index (κ1) is 12.4. The molecule has 0 unspecified atom stereocenters. The van der Waals surface area contributed by atoms with Gasteiger partial charge in [-0.2, -0.15) is 0 Å². The van der Waals surface area contributed by atoms with Gasteiger partial charge in [0.15, 0.2) is 0 Å². The molecule has 1 N–H and O–H groups in total. The van der Waals surface area contributed by atoms with Crippen LogP contribution in [0.4, 0.5) is 5.69 Å². The highest BCUT2D eigenvalue weighted by molar-refractivity contribution is 7.99. The van der Waals surface area contributed by atoms with Crippen molar-refractivity contribution in [2.24, 2.45) is 0 Å². The van der Waals surface area contributed by atoms with E-state index >= 15 is 0 Å². The molecule has 2 aromatic rings. The van der Waals surface area contributed by atoms with Crippen molar-refractivity contribution in [2.75, 3.05) is 0 Å². The van der Waals surface area contributed by atoms with E-state index in [4.69, 9.17) is 0 Å². The van der Waals surface area contributed by atoms with Gasteiger partial charge in [-0.15, -0.1) is 0 Å². The van der Waals surface area contributed by atoms with Gasteiger partial charge in [-0.3, -0.25) is 14.9 Å². The Morgan fingerprint density at radius 1 is 1.28 bits per heavy atom. The first-order chi connectivity index (χ1) is 8.58. The second-order valence-corrected chi connectivity index (χ2v) is 4.78. The van der Waals surface area contributed by atoms with Gasteiger partial charge in [0.25, 0.3) is 0 Å². The van der Waals surface area contributed by atoms with E-state index in [1.54, 1.807) is 13.0 Å². The highest BCUT2D eigenvalue weighted by Crippen LogP contribution is 2.32. The lowest BCUT2D eigenvalue weighted by Gasteiger charge is -2.03. The lowest BCUT2D eigenvalue weighted by molar-refractivity contribution is -0.389. The molecule has 1 aromatic heterocycles. The molecular formula is C12H10N2O3S. The number of H-pyrrole nitrogens is 1. The fourth-order valence-electron chi connectivity index (χ4n) is 1.52. The Hall–Kier alpha value is -2.08. The summed E-state index contributed by atoms with van der Waals surface area (Å²) in [4.78, 5) is 25.5. The van der Waals surface area contributed by atoms with Gasteiger partial charge in [-0.05, 0) is 25.1 Å². The van der Waals surface area contributed by atoms with E-state index in [2.05, 4.69) is 4.98 Å². The highest BCUT2D eigenvalue weighted by atomic mass is 32.2. The molecule has 5 nitrogen and oxygen atoms in total. The molecule has 92 valence electrons. The van der Waals surface area contributed by atoms with Crippen LogP contribution in [-0.4, -0.2) is 9.91 Å². The maximum atomic E-state index is 11.6. The molecular weight excluding hydrogens is 252 g/mol. The number of hydrogen-bond donors (Lipinski definition) is 1. The largest absolute Gasteiger partial charge is 0.347 e. The average molecular weight is 262 g/mol. The number of benzene rings is 1. The third-order valence-electron chi connectivity index (χ3n) is 2.26. The maximum Gasteiger partial charge on any atom is 0.347 e. The number of pyridine rings is 1. The zero-order valence-corrected chi connectivity index (χ0v) is 10.4. The first-order valence-corrected chi connectivity index (χ1v) is 6.01. The number of aryl methyl sites for hydroxylation is 1. The minimum absolute atomic E-state index is 0.354.